The summed E-state index contributed by atoms with van der Waals surface area (Å²) in [5, 5.41) is 0.866. The van der Waals surface area contributed by atoms with Crippen LogP contribution in [0.5, 0.6) is 0 Å². The van der Waals surface area contributed by atoms with Crippen LogP contribution in [0.4, 0.5) is 0 Å². The molecule has 0 bridgehead atoms. The van der Waals surface area contributed by atoms with Crippen LogP contribution in [0.2, 0.25) is 5.02 Å². The molecule has 2 aliphatic rings. The Morgan fingerprint density at radius 3 is 2.00 bits per heavy atom. The van der Waals surface area contributed by atoms with Gasteiger partial charge in [-0.05, 0) is 56.2 Å². The molecule has 1 aromatic rings. The van der Waals surface area contributed by atoms with Gasteiger partial charge in [-0.2, -0.15) is 0 Å². The van der Waals surface area contributed by atoms with Gasteiger partial charge in [0.25, 0.3) is 0 Å². The molecule has 21 heavy (non-hydrogen) atoms. The van der Waals surface area contributed by atoms with E-state index in [0.29, 0.717) is 5.41 Å². The number of hydrogen-bond acceptors (Lipinski definition) is 0. The lowest BCUT2D eigenvalue weighted by molar-refractivity contribution is -0.905. The Labute approximate surface area is 134 Å². The van der Waals surface area contributed by atoms with Gasteiger partial charge in [0.15, 0.2) is 0 Å². The third-order valence-electron chi connectivity index (χ3n) is 5.67. The first kappa shape index (κ1) is 15.4. The Bertz CT molecular complexity index is 425. The molecule has 0 radical (unpaired) electrons. The van der Waals surface area contributed by atoms with E-state index in [-0.39, 0.29) is 0 Å². The van der Waals surface area contributed by atoms with Crippen molar-refractivity contribution >= 4 is 11.6 Å². The second-order valence-corrected chi connectivity index (χ2v) is 7.63. The lowest BCUT2D eigenvalue weighted by atomic mass is 9.78. The Balaban J connectivity index is 1.75. The van der Waals surface area contributed by atoms with E-state index in [9.17, 15) is 0 Å². The number of likely N-dealkylation sites (tertiary alicyclic amines) is 1. The number of hydrogen-bond donors (Lipinski definition) is 1. The molecule has 1 heterocycles. The predicted molar refractivity (Wildman–Crippen MR) is 90.2 cm³/mol. The molecule has 0 aromatic heterocycles. The summed E-state index contributed by atoms with van der Waals surface area (Å²) in [5.74, 6) is 0. The Hall–Kier alpha value is -0.530. The third kappa shape index (κ3) is 3.81. The van der Waals surface area contributed by atoms with Crippen LogP contribution in [0.15, 0.2) is 24.3 Å². The Kier molecular flexibility index (Phi) is 5.24. The zero-order valence-electron chi connectivity index (χ0n) is 13.2. The monoisotopic (exact) mass is 306 g/mol. The van der Waals surface area contributed by atoms with Crippen molar-refractivity contribution in [2.75, 3.05) is 19.6 Å². The van der Waals surface area contributed by atoms with Crippen LogP contribution in [0, 0.1) is 0 Å². The largest absolute Gasteiger partial charge is 0.334 e. The number of halogens is 1. The van der Waals surface area contributed by atoms with Crippen LogP contribution in [-0.4, -0.2) is 19.6 Å². The molecule has 0 spiro atoms. The topological polar surface area (TPSA) is 4.44 Å². The lowest BCUT2D eigenvalue weighted by Crippen LogP contribution is -3.13. The normalized spacial score (nSPS) is 23.7. The predicted octanol–water partition coefficient (Wildman–Crippen LogP) is 4.00. The summed E-state index contributed by atoms with van der Waals surface area (Å²) in [5.41, 5.74) is 1.97. The second kappa shape index (κ2) is 7.15. The average molecular weight is 307 g/mol. The van der Waals surface area contributed by atoms with Crippen LogP contribution in [0.1, 0.15) is 63.4 Å². The van der Waals surface area contributed by atoms with E-state index in [1.54, 1.807) is 5.56 Å². The molecule has 1 aromatic carbocycles. The van der Waals surface area contributed by atoms with E-state index in [2.05, 4.69) is 24.3 Å². The first-order chi connectivity index (χ1) is 10.3. The minimum atomic E-state index is 0.430. The van der Waals surface area contributed by atoms with Gasteiger partial charge in [-0.3, -0.25) is 0 Å². The Morgan fingerprint density at radius 1 is 0.810 bits per heavy atom. The Morgan fingerprint density at radius 2 is 1.38 bits per heavy atom. The van der Waals surface area contributed by atoms with Gasteiger partial charge in [0, 0.05) is 10.4 Å². The highest BCUT2D eigenvalue weighted by molar-refractivity contribution is 6.30. The zero-order valence-corrected chi connectivity index (χ0v) is 13.9. The maximum Gasteiger partial charge on any atom is 0.0869 e. The summed E-state index contributed by atoms with van der Waals surface area (Å²) < 4.78 is 0. The van der Waals surface area contributed by atoms with E-state index in [1.807, 2.05) is 4.90 Å². The highest BCUT2D eigenvalue weighted by Gasteiger charge is 2.39. The number of benzene rings is 1. The highest BCUT2D eigenvalue weighted by atomic mass is 35.5. The van der Waals surface area contributed by atoms with Crippen LogP contribution >= 0.6 is 11.6 Å². The van der Waals surface area contributed by atoms with Gasteiger partial charge in [0.1, 0.15) is 0 Å². The quantitative estimate of drug-likeness (QED) is 0.861. The molecular weight excluding hydrogens is 278 g/mol. The van der Waals surface area contributed by atoms with Crippen LogP contribution in [0.3, 0.4) is 0 Å². The molecule has 1 aliphatic heterocycles. The van der Waals surface area contributed by atoms with Gasteiger partial charge in [0.2, 0.25) is 0 Å². The fourth-order valence-electron chi connectivity index (χ4n) is 4.48. The maximum absolute atomic E-state index is 6.09. The van der Waals surface area contributed by atoms with Gasteiger partial charge in [-0.25, -0.2) is 0 Å². The summed E-state index contributed by atoms with van der Waals surface area (Å²) in [6.07, 6.45) is 12.7. The maximum atomic E-state index is 6.09. The number of quaternary nitrogens is 1. The molecule has 0 amide bonds. The SMILES string of the molecule is Clc1ccc(C2(C[NH+]3CCCCCCC3)CCCC2)cc1. The van der Waals surface area contributed by atoms with Crippen molar-refractivity contribution in [2.24, 2.45) is 0 Å². The molecule has 1 N–H and O–H groups in total. The molecule has 1 nitrogen and oxygen atoms in total. The molecule has 2 fully saturated rings. The van der Waals surface area contributed by atoms with Crippen molar-refractivity contribution in [3.05, 3.63) is 34.9 Å². The standard InChI is InChI=1S/C19H28ClN/c20-18-10-8-17(9-11-18)19(12-4-5-13-19)16-21-14-6-2-1-3-7-15-21/h8-11H,1-7,12-16H2/p+1. The number of nitrogens with one attached hydrogen (secondary N) is 1. The number of rotatable bonds is 3. The molecule has 3 rings (SSSR count). The lowest BCUT2D eigenvalue weighted by Gasteiger charge is -2.34. The summed E-state index contributed by atoms with van der Waals surface area (Å²) in [6.45, 7) is 4.11. The van der Waals surface area contributed by atoms with Crippen molar-refractivity contribution in [1.82, 2.24) is 0 Å². The van der Waals surface area contributed by atoms with E-state index in [4.69, 9.17) is 11.6 Å². The van der Waals surface area contributed by atoms with Gasteiger partial charge in [-0.15, -0.1) is 0 Å². The summed E-state index contributed by atoms with van der Waals surface area (Å²) >= 11 is 6.09. The van der Waals surface area contributed by atoms with Crippen molar-refractivity contribution in [2.45, 2.75) is 63.2 Å². The third-order valence-corrected chi connectivity index (χ3v) is 5.92. The van der Waals surface area contributed by atoms with Gasteiger partial charge >= 0.3 is 0 Å². The first-order valence-electron chi connectivity index (χ1n) is 8.88. The zero-order chi connectivity index (χ0) is 14.5. The minimum Gasteiger partial charge on any atom is -0.334 e. The molecule has 1 aliphatic carbocycles. The molecule has 2 heteroatoms. The van der Waals surface area contributed by atoms with Crippen molar-refractivity contribution < 1.29 is 4.90 Å². The summed E-state index contributed by atoms with van der Waals surface area (Å²) in [6, 6.07) is 8.74. The van der Waals surface area contributed by atoms with E-state index >= 15 is 0 Å². The minimum absolute atomic E-state index is 0.430. The fraction of sp³-hybridized carbons (Fsp3) is 0.684. The van der Waals surface area contributed by atoms with Crippen molar-refractivity contribution in [3.63, 3.8) is 0 Å². The summed E-state index contributed by atoms with van der Waals surface area (Å²) in [7, 11) is 0. The van der Waals surface area contributed by atoms with Crippen molar-refractivity contribution in [1.29, 1.82) is 0 Å². The molecular formula is C19H29ClN+. The molecule has 0 atom stereocenters. The molecule has 116 valence electrons. The van der Waals surface area contributed by atoms with Crippen LogP contribution < -0.4 is 4.90 Å². The second-order valence-electron chi connectivity index (χ2n) is 7.19. The fourth-order valence-corrected chi connectivity index (χ4v) is 4.61. The summed E-state index contributed by atoms with van der Waals surface area (Å²) in [4.78, 5) is 1.85. The molecule has 1 saturated heterocycles. The van der Waals surface area contributed by atoms with E-state index in [0.717, 1.165) is 5.02 Å². The van der Waals surface area contributed by atoms with E-state index < -0.39 is 0 Å². The van der Waals surface area contributed by atoms with Crippen LogP contribution in [-0.2, 0) is 5.41 Å². The first-order valence-corrected chi connectivity index (χ1v) is 9.26. The van der Waals surface area contributed by atoms with Gasteiger partial charge < -0.3 is 4.90 Å². The highest BCUT2D eigenvalue weighted by Crippen LogP contribution is 2.40. The van der Waals surface area contributed by atoms with Gasteiger partial charge in [-0.1, -0.05) is 43.0 Å². The molecule has 1 saturated carbocycles. The average Bonchev–Trinajstić information content (AvgIpc) is 2.92. The smallest absolute Gasteiger partial charge is 0.0869 e. The molecule has 0 unspecified atom stereocenters. The van der Waals surface area contributed by atoms with E-state index in [1.165, 1.54) is 77.4 Å². The van der Waals surface area contributed by atoms with Crippen LogP contribution in [0.25, 0.3) is 0 Å². The van der Waals surface area contributed by atoms with Gasteiger partial charge in [0.05, 0.1) is 19.6 Å². The van der Waals surface area contributed by atoms with Crippen molar-refractivity contribution in [3.8, 4) is 0 Å².